The number of carbonyl (C=O) groups is 1. The van der Waals surface area contributed by atoms with Crippen LogP contribution in [0.4, 0.5) is 17.6 Å². The van der Waals surface area contributed by atoms with Gasteiger partial charge in [0.2, 0.25) is 21.3 Å². The topological polar surface area (TPSA) is 120 Å². The maximum atomic E-state index is 14.6. The summed E-state index contributed by atoms with van der Waals surface area (Å²) in [6.45, 7) is 2.08. The fourth-order valence-corrected chi connectivity index (χ4v) is 5.43. The van der Waals surface area contributed by atoms with Crippen molar-refractivity contribution in [3.63, 3.8) is 0 Å². The van der Waals surface area contributed by atoms with Crippen molar-refractivity contribution in [2.75, 3.05) is 13.2 Å². The molecule has 0 saturated heterocycles. The molecule has 14 heteroatoms. The standard InChI is InChI=1S/C26H22F2N4O5S.C3H4F2.H2/c1-2-36-18-4-6-20(30-14-18)21-5-3-15-12-29-17(11-22(15)32-21)13-31-26(33)16-9-19(27)25-23(10-16)38(34,35)24(28)7-8-37-25;4-3(5)1-2-3;/h3-6,9-12,14,24H,2,7-8,13H2,1H3,(H,31,33);1-2H2;1H/t24-;;/m1../s1. The van der Waals surface area contributed by atoms with Crippen LogP contribution >= 0.6 is 0 Å². The van der Waals surface area contributed by atoms with Gasteiger partial charge < -0.3 is 14.8 Å². The van der Waals surface area contributed by atoms with E-state index < -0.39 is 50.1 Å². The Bertz CT molecular complexity index is 1770. The van der Waals surface area contributed by atoms with Gasteiger partial charge in [-0.15, -0.1) is 0 Å². The second kappa shape index (κ2) is 12.1. The third kappa shape index (κ3) is 7.01. The molecule has 0 unspecified atom stereocenters. The summed E-state index contributed by atoms with van der Waals surface area (Å²) in [4.78, 5) is 25.4. The number of sulfone groups is 1. The molecular formula is C29H28F4N4O5S. The SMILES string of the molecule is CCOc1ccc(-c2ccc3cnc(CNC(=O)c4cc(F)c5c(c4)S(=O)(=O)[C@@H](F)CCO5)cc3n2)nc1.FC1(F)CC1.[HH]. The number of alkyl halides is 3. The number of rotatable bonds is 6. The lowest BCUT2D eigenvalue weighted by atomic mass is 10.1. The Morgan fingerprint density at radius 2 is 1.86 bits per heavy atom. The smallest absolute Gasteiger partial charge is 0.251 e. The molecule has 1 fully saturated rings. The van der Waals surface area contributed by atoms with E-state index in [9.17, 15) is 30.8 Å². The summed E-state index contributed by atoms with van der Waals surface area (Å²) in [7, 11) is -4.50. The first-order valence-electron chi connectivity index (χ1n) is 13.3. The number of halogens is 4. The zero-order valence-electron chi connectivity index (χ0n) is 22.8. The lowest BCUT2D eigenvalue weighted by Crippen LogP contribution is -2.24. The zero-order valence-corrected chi connectivity index (χ0v) is 23.6. The molecule has 43 heavy (non-hydrogen) atoms. The minimum absolute atomic E-state index is 0. The Morgan fingerprint density at radius 3 is 2.53 bits per heavy atom. The summed E-state index contributed by atoms with van der Waals surface area (Å²) in [5, 5.41) is 3.35. The van der Waals surface area contributed by atoms with Crippen molar-refractivity contribution in [2.24, 2.45) is 0 Å². The van der Waals surface area contributed by atoms with E-state index >= 15 is 0 Å². The molecular weight excluding hydrogens is 592 g/mol. The Labute approximate surface area is 245 Å². The number of nitrogens with zero attached hydrogens (tertiary/aromatic N) is 3. The summed E-state index contributed by atoms with van der Waals surface area (Å²) in [5.74, 6) is -4.00. The van der Waals surface area contributed by atoms with Gasteiger partial charge in [0.05, 0.1) is 48.6 Å². The molecule has 4 heterocycles. The molecule has 1 aliphatic heterocycles. The molecule has 1 saturated carbocycles. The van der Waals surface area contributed by atoms with Crippen LogP contribution in [0.2, 0.25) is 0 Å². The predicted octanol–water partition coefficient (Wildman–Crippen LogP) is 5.67. The monoisotopic (exact) mass is 620 g/mol. The molecule has 0 bridgehead atoms. The average Bonchev–Trinajstić information content (AvgIpc) is 3.71. The normalized spacial score (nSPS) is 17.8. The number of aromatic nitrogens is 3. The molecule has 4 aromatic rings. The van der Waals surface area contributed by atoms with Crippen molar-refractivity contribution in [3.8, 4) is 22.9 Å². The number of pyridine rings is 3. The molecule has 1 atom stereocenters. The van der Waals surface area contributed by atoms with Crippen LogP contribution in [0.25, 0.3) is 22.3 Å². The van der Waals surface area contributed by atoms with Crippen LogP contribution in [0.1, 0.15) is 43.7 Å². The van der Waals surface area contributed by atoms with Crippen molar-refractivity contribution < 1.29 is 41.7 Å². The second-order valence-corrected chi connectivity index (χ2v) is 11.8. The van der Waals surface area contributed by atoms with E-state index in [2.05, 4.69) is 20.3 Å². The van der Waals surface area contributed by atoms with Gasteiger partial charge in [0.15, 0.2) is 11.6 Å². The van der Waals surface area contributed by atoms with E-state index in [0.29, 0.717) is 35.0 Å². The number of fused-ring (bicyclic) bond motifs is 2. The largest absolute Gasteiger partial charge is 0.492 e. The second-order valence-electron chi connectivity index (χ2n) is 9.79. The molecule has 1 aliphatic carbocycles. The van der Waals surface area contributed by atoms with Crippen LogP contribution in [0.15, 0.2) is 59.8 Å². The first-order valence-corrected chi connectivity index (χ1v) is 14.9. The quantitative estimate of drug-likeness (QED) is 0.274. The molecule has 1 amide bonds. The lowest BCUT2D eigenvalue weighted by molar-refractivity contribution is 0.0949. The number of ether oxygens (including phenoxy) is 2. The van der Waals surface area contributed by atoms with Gasteiger partial charge in [-0.3, -0.25) is 14.8 Å². The van der Waals surface area contributed by atoms with Crippen molar-refractivity contribution >= 4 is 26.6 Å². The van der Waals surface area contributed by atoms with E-state index in [0.717, 1.165) is 17.5 Å². The minimum atomic E-state index is -4.50. The lowest BCUT2D eigenvalue weighted by Gasteiger charge is -2.12. The highest BCUT2D eigenvalue weighted by Gasteiger charge is 2.43. The number of carbonyl (C=O) groups excluding carboxylic acids is 1. The van der Waals surface area contributed by atoms with Gasteiger partial charge in [-0.25, -0.2) is 31.0 Å². The van der Waals surface area contributed by atoms with Gasteiger partial charge in [0.1, 0.15) is 10.6 Å². The van der Waals surface area contributed by atoms with Crippen LogP contribution in [-0.4, -0.2) is 53.9 Å². The fourth-order valence-electron chi connectivity index (χ4n) is 4.05. The molecule has 0 spiro atoms. The fraction of sp³-hybridized carbons (Fsp3) is 0.310. The molecule has 1 aromatic carbocycles. The van der Waals surface area contributed by atoms with Crippen molar-refractivity contribution in [1.82, 2.24) is 20.3 Å². The van der Waals surface area contributed by atoms with E-state index in [4.69, 9.17) is 9.47 Å². The van der Waals surface area contributed by atoms with Crippen LogP contribution in [0, 0.1) is 5.82 Å². The van der Waals surface area contributed by atoms with Gasteiger partial charge in [0.25, 0.3) is 5.91 Å². The number of nitrogens with one attached hydrogen (secondary N) is 1. The van der Waals surface area contributed by atoms with E-state index in [1.54, 1.807) is 24.5 Å². The van der Waals surface area contributed by atoms with Crippen molar-refractivity contribution in [3.05, 3.63) is 71.9 Å². The summed E-state index contributed by atoms with van der Waals surface area (Å²) in [5.41, 5.74) is -0.168. The molecule has 0 radical (unpaired) electrons. The first kappa shape index (κ1) is 30.1. The molecule has 6 rings (SSSR count). The van der Waals surface area contributed by atoms with E-state index in [1.165, 1.54) is 0 Å². The maximum absolute atomic E-state index is 14.6. The highest BCUT2D eigenvalue weighted by Crippen LogP contribution is 2.40. The Hall–Kier alpha value is -4.33. The van der Waals surface area contributed by atoms with Crippen LogP contribution in [0.5, 0.6) is 11.5 Å². The Morgan fingerprint density at radius 1 is 1.12 bits per heavy atom. The van der Waals surface area contributed by atoms with Gasteiger partial charge in [0, 0.05) is 37.8 Å². The van der Waals surface area contributed by atoms with Gasteiger partial charge in [-0.2, -0.15) is 0 Å². The summed E-state index contributed by atoms with van der Waals surface area (Å²) in [6.07, 6.45) is 3.02. The first-order chi connectivity index (χ1) is 20.5. The molecule has 3 aromatic heterocycles. The van der Waals surface area contributed by atoms with Crippen molar-refractivity contribution in [2.45, 2.75) is 49.1 Å². The number of benzene rings is 1. The number of hydrogen-bond acceptors (Lipinski definition) is 8. The van der Waals surface area contributed by atoms with Gasteiger partial charge in [-0.05, 0) is 49.4 Å². The summed E-state index contributed by atoms with van der Waals surface area (Å²) < 4.78 is 86.4. The molecule has 1 N–H and O–H groups in total. The van der Waals surface area contributed by atoms with Crippen molar-refractivity contribution in [1.29, 1.82) is 0 Å². The number of hydrogen-bond donors (Lipinski definition) is 1. The van der Waals surface area contributed by atoms with Crippen LogP contribution in [0.3, 0.4) is 0 Å². The molecule has 2 aliphatic rings. The predicted molar refractivity (Wildman–Crippen MR) is 150 cm³/mol. The third-order valence-electron chi connectivity index (χ3n) is 6.50. The minimum Gasteiger partial charge on any atom is -0.492 e. The van der Waals surface area contributed by atoms with E-state index in [1.807, 2.05) is 25.1 Å². The Kier molecular flexibility index (Phi) is 8.49. The third-order valence-corrected chi connectivity index (χ3v) is 8.33. The zero-order chi connectivity index (χ0) is 30.8. The van der Waals surface area contributed by atoms with Crippen LogP contribution in [-0.2, 0) is 16.4 Å². The molecule has 9 nitrogen and oxygen atoms in total. The van der Waals surface area contributed by atoms with E-state index in [-0.39, 0.29) is 33.0 Å². The summed E-state index contributed by atoms with van der Waals surface area (Å²) in [6, 6.07) is 10.8. The molecule has 228 valence electrons. The average molecular weight is 621 g/mol. The van der Waals surface area contributed by atoms with Gasteiger partial charge >= 0.3 is 0 Å². The highest BCUT2D eigenvalue weighted by molar-refractivity contribution is 7.92. The van der Waals surface area contributed by atoms with Gasteiger partial charge in [-0.1, -0.05) is 0 Å². The highest BCUT2D eigenvalue weighted by atomic mass is 32.2. The summed E-state index contributed by atoms with van der Waals surface area (Å²) >= 11 is 0. The Balaban J connectivity index is 0.000000670. The maximum Gasteiger partial charge on any atom is 0.251 e. The van der Waals surface area contributed by atoms with Crippen LogP contribution < -0.4 is 14.8 Å². The number of amides is 1.